The van der Waals surface area contributed by atoms with Crippen molar-refractivity contribution in [2.24, 2.45) is 0 Å². The van der Waals surface area contributed by atoms with Crippen LogP contribution in [0.5, 0.6) is 0 Å². The number of halogens is 1. The second-order valence-corrected chi connectivity index (χ2v) is 8.38. The molecule has 5 rings (SSSR count). The zero-order valence-corrected chi connectivity index (χ0v) is 18.8. The van der Waals surface area contributed by atoms with Crippen LogP contribution in [0.25, 0.3) is 11.3 Å². The molecule has 2 N–H and O–H groups in total. The lowest BCUT2D eigenvalue weighted by molar-refractivity contribution is 0.0697. The quantitative estimate of drug-likeness (QED) is 0.349. The predicted molar refractivity (Wildman–Crippen MR) is 130 cm³/mol. The first-order valence-electron chi connectivity index (χ1n) is 10.2. The van der Waals surface area contributed by atoms with Gasteiger partial charge in [-0.3, -0.25) is 4.98 Å². The first-order chi connectivity index (χ1) is 16.0. The van der Waals surface area contributed by atoms with Gasteiger partial charge in [0.25, 0.3) is 0 Å². The Morgan fingerprint density at radius 2 is 1.88 bits per heavy atom. The second-order valence-electron chi connectivity index (χ2n) is 7.56. The molecule has 6 nitrogen and oxygen atoms in total. The number of nitrogens with one attached hydrogen (secondary N) is 1. The smallest absolute Gasteiger partial charge is 0.335 e. The zero-order valence-electron chi connectivity index (χ0n) is 17.2. The molecule has 0 saturated carbocycles. The maximum absolute atomic E-state index is 11.4. The standard InChI is InChI=1S/C25H18ClN3O3S/c26-17-7-9-18(10-8-17)29-23(22(28-25(29)33)19-6-1-2-13-27-19)21-12-11-20(32-21)15-4-3-5-16(14-15)24(30)31/h1-14,22-23H,(H,28,33)(H,30,31)/t22-,23+/m0/s1. The Kier molecular flexibility index (Phi) is 5.58. The molecule has 2 aromatic carbocycles. The molecule has 0 unspecified atom stereocenters. The summed E-state index contributed by atoms with van der Waals surface area (Å²) in [5, 5.41) is 13.9. The van der Waals surface area contributed by atoms with Gasteiger partial charge in [0.2, 0.25) is 0 Å². The van der Waals surface area contributed by atoms with Crippen molar-refractivity contribution in [1.82, 2.24) is 10.3 Å². The number of carboxylic acid groups (broad SMARTS) is 1. The van der Waals surface area contributed by atoms with Crippen molar-refractivity contribution in [2.75, 3.05) is 4.90 Å². The highest BCUT2D eigenvalue weighted by atomic mass is 35.5. The lowest BCUT2D eigenvalue weighted by Crippen LogP contribution is -2.29. The number of hydrogen-bond donors (Lipinski definition) is 2. The van der Waals surface area contributed by atoms with E-state index >= 15 is 0 Å². The lowest BCUT2D eigenvalue weighted by Gasteiger charge is -2.26. The van der Waals surface area contributed by atoms with Crippen LogP contribution < -0.4 is 10.2 Å². The van der Waals surface area contributed by atoms with E-state index in [4.69, 9.17) is 28.2 Å². The minimum atomic E-state index is -0.988. The van der Waals surface area contributed by atoms with E-state index in [0.29, 0.717) is 27.2 Å². The largest absolute Gasteiger partial charge is 0.478 e. The molecule has 3 heterocycles. The van der Waals surface area contributed by atoms with Crippen molar-refractivity contribution < 1.29 is 14.3 Å². The predicted octanol–water partition coefficient (Wildman–Crippen LogP) is 5.87. The van der Waals surface area contributed by atoms with Crippen LogP contribution in [0.15, 0.2) is 89.5 Å². The van der Waals surface area contributed by atoms with E-state index < -0.39 is 5.97 Å². The molecular formula is C25H18ClN3O3S. The number of aromatic nitrogens is 1. The highest BCUT2D eigenvalue weighted by molar-refractivity contribution is 7.80. The number of hydrogen-bond acceptors (Lipinski definition) is 4. The van der Waals surface area contributed by atoms with Gasteiger partial charge < -0.3 is 19.7 Å². The van der Waals surface area contributed by atoms with Crippen molar-refractivity contribution in [3.05, 3.63) is 107 Å². The summed E-state index contributed by atoms with van der Waals surface area (Å²) in [6, 6.07) is 23.0. The minimum absolute atomic E-state index is 0.198. The second kappa shape index (κ2) is 8.69. The highest BCUT2D eigenvalue weighted by Gasteiger charge is 2.42. The van der Waals surface area contributed by atoms with Gasteiger partial charge in [0.15, 0.2) is 5.11 Å². The summed E-state index contributed by atoms with van der Waals surface area (Å²) < 4.78 is 6.28. The maximum atomic E-state index is 11.4. The molecular weight excluding hydrogens is 458 g/mol. The first-order valence-corrected chi connectivity index (χ1v) is 11.0. The minimum Gasteiger partial charge on any atom is -0.478 e. The number of benzene rings is 2. The number of carbonyl (C=O) groups is 1. The molecule has 8 heteroatoms. The molecule has 1 aliphatic heterocycles. The molecule has 1 aliphatic rings. The number of furan rings is 1. The molecule has 0 aliphatic carbocycles. The van der Waals surface area contributed by atoms with Crippen LogP contribution in [0, 0.1) is 0 Å². The van der Waals surface area contributed by atoms with Gasteiger partial charge in [-0.05, 0) is 72.9 Å². The molecule has 0 bridgehead atoms. The molecule has 164 valence electrons. The van der Waals surface area contributed by atoms with Crippen molar-refractivity contribution >= 4 is 40.6 Å². The van der Waals surface area contributed by atoms with E-state index in [9.17, 15) is 9.90 Å². The van der Waals surface area contributed by atoms with Crippen molar-refractivity contribution in [2.45, 2.75) is 12.1 Å². The van der Waals surface area contributed by atoms with Gasteiger partial charge >= 0.3 is 5.97 Å². The van der Waals surface area contributed by atoms with Crippen LogP contribution in [0.4, 0.5) is 5.69 Å². The normalized spacial score (nSPS) is 17.7. The van der Waals surface area contributed by atoms with Crippen LogP contribution in [-0.4, -0.2) is 21.2 Å². The Morgan fingerprint density at radius 3 is 2.61 bits per heavy atom. The summed E-state index contributed by atoms with van der Waals surface area (Å²) >= 11 is 11.8. The van der Waals surface area contributed by atoms with Crippen LogP contribution in [0.1, 0.15) is 33.9 Å². The lowest BCUT2D eigenvalue weighted by atomic mass is 10.0. The number of pyridine rings is 1. The van der Waals surface area contributed by atoms with Gasteiger partial charge in [0, 0.05) is 22.5 Å². The number of thiocarbonyl (C=S) groups is 1. The van der Waals surface area contributed by atoms with Crippen molar-refractivity contribution in [3.8, 4) is 11.3 Å². The highest BCUT2D eigenvalue weighted by Crippen LogP contribution is 2.43. The van der Waals surface area contributed by atoms with E-state index in [2.05, 4.69) is 10.3 Å². The Labute approximate surface area is 200 Å². The summed E-state index contributed by atoms with van der Waals surface area (Å²) in [5.41, 5.74) is 2.57. The van der Waals surface area contributed by atoms with Gasteiger partial charge in [0.05, 0.1) is 17.3 Å². The molecule has 2 aromatic heterocycles. The fourth-order valence-electron chi connectivity index (χ4n) is 4.00. The number of carboxylic acids is 1. The summed E-state index contributed by atoms with van der Waals surface area (Å²) in [6.07, 6.45) is 1.74. The van der Waals surface area contributed by atoms with E-state index in [-0.39, 0.29) is 17.6 Å². The Hall–Kier alpha value is -3.68. The molecule has 4 aromatic rings. The summed E-state index contributed by atoms with van der Waals surface area (Å²) in [4.78, 5) is 17.9. The maximum Gasteiger partial charge on any atom is 0.335 e. The van der Waals surface area contributed by atoms with Crippen LogP contribution in [0.3, 0.4) is 0 Å². The molecule has 1 saturated heterocycles. The fraction of sp³-hybridized carbons (Fsp3) is 0.0800. The monoisotopic (exact) mass is 475 g/mol. The number of anilines is 1. The van der Waals surface area contributed by atoms with Crippen LogP contribution >= 0.6 is 23.8 Å². The molecule has 2 atom stereocenters. The Balaban J connectivity index is 1.58. The van der Waals surface area contributed by atoms with Gasteiger partial charge in [0.1, 0.15) is 17.6 Å². The fourth-order valence-corrected chi connectivity index (χ4v) is 4.47. The molecule has 1 fully saturated rings. The SMILES string of the molecule is O=C(O)c1cccc(-c2ccc([C@@H]3[C@H](c4ccccn4)NC(=S)N3c3ccc(Cl)cc3)o2)c1. The third-order valence-corrected chi connectivity index (χ3v) is 6.08. The summed E-state index contributed by atoms with van der Waals surface area (Å²) in [7, 11) is 0. The molecule has 33 heavy (non-hydrogen) atoms. The van der Waals surface area contributed by atoms with Gasteiger partial charge in [-0.2, -0.15) is 0 Å². The van der Waals surface area contributed by atoms with E-state index in [0.717, 1.165) is 11.4 Å². The number of rotatable bonds is 5. The van der Waals surface area contributed by atoms with Gasteiger partial charge in [-0.1, -0.05) is 29.8 Å². The van der Waals surface area contributed by atoms with E-state index in [1.54, 1.807) is 24.4 Å². The average molecular weight is 476 g/mol. The molecule has 0 amide bonds. The van der Waals surface area contributed by atoms with E-state index in [1.807, 2.05) is 65.6 Å². The van der Waals surface area contributed by atoms with Crippen molar-refractivity contribution in [3.63, 3.8) is 0 Å². The van der Waals surface area contributed by atoms with Gasteiger partial charge in [-0.25, -0.2) is 4.79 Å². The van der Waals surface area contributed by atoms with Crippen LogP contribution in [-0.2, 0) is 0 Å². The number of nitrogens with zero attached hydrogens (tertiary/aromatic N) is 2. The third-order valence-electron chi connectivity index (χ3n) is 5.52. The summed E-state index contributed by atoms with van der Waals surface area (Å²) in [5.74, 6) is 0.253. The first kappa shape index (κ1) is 21.2. The average Bonchev–Trinajstić information content (AvgIpc) is 3.45. The Bertz CT molecular complexity index is 1320. The zero-order chi connectivity index (χ0) is 22.9. The van der Waals surface area contributed by atoms with E-state index in [1.165, 1.54) is 0 Å². The molecule has 0 spiro atoms. The Morgan fingerprint density at radius 1 is 1.06 bits per heavy atom. The number of aromatic carboxylic acids is 1. The van der Waals surface area contributed by atoms with Crippen molar-refractivity contribution in [1.29, 1.82) is 0 Å². The topological polar surface area (TPSA) is 78.6 Å². The van der Waals surface area contributed by atoms with Gasteiger partial charge in [-0.15, -0.1) is 0 Å². The molecule has 0 radical (unpaired) electrons. The van der Waals surface area contributed by atoms with Crippen LogP contribution in [0.2, 0.25) is 5.02 Å². The third kappa shape index (κ3) is 4.08. The summed E-state index contributed by atoms with van der Waals surface area (Å²) in [6.45, 7) is 0.